The molecule has 0 aliphatic carbocycles. The van der Waals surface area contributed by atoms with Gasteiger partial charge in [0, 0.05) is 35.3 Å². The SMILES string of the molecule is Cn1cc(/C=C2/CCOc3cc(Br)ccc3C2=O)cn1. The Labute approximate surface area is 125 Å². The zero-order valence-electron chi connectivity index (χ0n) is 11.0. The third-order valence-corrected chi connectivity index (χ3v) is 3.67. The van der Waals surface area contributed by atoms with E-state index in [4.69, 9.17) is 4.74 Å². The maximum absolute atomic E-state index is 12.6. The van der Waals surface area contributed by atoms with E-state index in [1.807, 2.05) is 31.5 Å². The number of nitrogens with zero attached hydrogens (tertiary/aromatic N) is 2. The predicted octanol–water partition coefficient (Wildman–Crippen LogP) is 3.23. The molecule has 20 heavy (non-hydrogen) atoms. The first kappa shape index (κ1) is 13.1. The van der Waals surface area contributed by atoms with Crippen molar-refractivity contribution in [2.45, 2.75) is 6.42 Å². The quantitative estimate of drug-likeness (QED) is 0.753. The van der Waals surface area contributed by atoms with Crippen LogP contribution >= 0.6 is 15.9 Å². The average molecular weight is 333 g/mol. The van der Waals surface area contributed by atoms with Crippen LogP contribution in [-0.4, -0.2) is 22.2 Å². The van der Waals surface area contributed by atoms with E-state index in [1.54, 1.807) is 16.9 Å². The van der Waals surface area contributed by atoms with Gasteiger partial charge in [0.2, 0.25) is 0 Å². The lowest BCUT2D eigenvalue weighted by molar-refractivity contribution is 0.103. The summed E-state index contributed by atoms with van der Waals surface area (Å²) >= 11 is 3.39. The molecule has 1 aliphatic heterocycles. The average Bonchev–Trinajstić information content (AvgIpc) is 2.76. The monoisotopic (exact) mass is 332 g/mol. The van der Waals surface area contributed by atoms with E-state index in [-0.39, 0.29) is 5.78 Å². The zero-order valence-corrected chi connectivity index (χ0v) is 12.6. The Morgan fingerprint density at radius 1 is 1.45 bits per heavy atom. The normalized spacial score (nSPS) is 16.7. The number of hydrogen-bond acceptors (Lipinski definition) is 3. The summed E-state index contributed by atoms with van der Waals surface area (Å²) in [7, 11) is 1.85. The van der Waals surface area contributed by atoms with Crippen LogP contribution in [0.25, 0.3) is 6.08 Å². The van der Waals surface area contributed by atoms with Gasteiger partial charge in [0.05, 0.1) is 18.4 Å². The van der Waals surface area contributed by atoms with Crippen molar-refractivity contribution in [1.82, 2.24) is 9.78 Å². The number of fused-ring (bicyclic) bond motifs is 1. The fourth-order valence-electron chi connectivity index (χ4n) is 2.21. The Morgan fingerprint density at radius 2 is 2.30 bits per heavy atom. The van der Waals surface area contributed by atoms with Crippen LogP contribution < -0.4 is 4.74 Å². The highest BCUT2D eigenvalue weighted by Gasteiger charge is 2.21. The van der Waals surface area contributed by atoms with Crippen LogP contribution in [0.15, 0.2) is 40.6 Å². The van der Waals surface area contributed by atoms with Crippen molar-refractivity contribution in [2.24, 2.45) is 7.05 Å². The van der Waals surface area contributed by atoms with E-state index in [2.05, 4.69) is 21.0 Å². The van der Waals surface area contributed by atoms with Crippen molar-refractivity contribution in [3.05, 3.63) is 51.8 Å². The Balaban J connectivity index is 2.00. The number of hydrogen-bond donors (Lipinski definition) is 0. The van der Waals surface area contributed by atoms with Gasteiger partial charge in [-0.15, -0.1) is 0 Å². The second kappa shape index (κ2) is 5.25. The van der Waals surface area contributed by atoms with E-state index >= 15 is 0 Å². The Bertz CT molecular complexity index is 704. The van der Waals surface area contributed by atoms with Crippen molar-refractivity contribution >= 4 is 27.8 Å². The predicted molar refractivity (Wildman–Crippen MR) is 79.8 cm³/mol. The minimum Gasteiger partial charge on any atom is -0.492 e. The molecule has 0 saturated carbocycles. The number of ether oxygens (including phenoxy) is 1. The number of benzene rings is 1. The molecule has 0 N–H and O–H groups in total. The number of aryl methyl sites for hydroxylation is 1. The molecule has 5 heteroatoms. The molecule has 2 aromatic rings. The fourth-order valence-corrected chi connectivity index (χ4v) is 2.55. The van der Waals surface area contributed by atoms with Crippen LogP contribution in [0.2, 0.25) is 0 Å². The first-order valence-corrected chi connectivity index (χ1v) is 7.09. The standard InChI is InChI=1S/C15H13BrN2O2/c1-18-9-10(8-17-18)6-11-4-5-20-14-7-12(16)2-3-13(14)15(11)19/h2-3,6-9H,4-5H2,1H3/b11-6-. The van der Waals surface area contributed by atoms with Gasteiger partial charge in [-0.05, 0) is 24.3 Å². The minimum absolute atomic E-state index is 0.0221. The number of Topliss-reactive ketones (excluding diaryl/α,β-unsaturated/α-hetero) is 1. The number of carbonyl (C=O) groups excluding carboxylic acids is 1. The van der Waals surface area contributed by atoms with Crippen molar-refractivity contribution in [3.63, 3.8) is 0 Å². The highest BCUT2D eigenvalue weighted by atomic mass is 79.9. The van der Waals surface area contributed by atoms with Crippen LogP contribution in [0.4, 0.5) is 0 Å². The van der Waals surface area contributed by atoms with Crippen LogP contribution in [0, 0.1) is 0 Å². The van der Waals surface area contributed by atoms with Crippen molar-refractivity contribution in [2.75, 3.05) is 6.61 Å². The van der Waals surface area contributed by atoms with Crippen molar-refractivity contribution in [1.29, 1.82) is 0 Å². The van der Waals surface area contributed by atoms with Gasteiger partial charge in [0.1, 0.15) is 5.75 Å². The number of carbonyl (C=O) groups is 1. The molecule has 1 aromatic heterocycles. The Kier molecular flexibility index (Phi) is 3.44. The first-order valence-electron chi connectivity index (χ1n) is 6.30. The minimum atomic E-state index is 0.0221. The molecule has 102 valence electrons. The number of halogens is 1. The lowest BCUT2D eigenvalue weighted by atomic mass is 10.00. The molecular formula is C15H13BrN2O2. The summed E-state index contributed by atoms with van der Waals surface area (Å²) in [6, 6.07) is 5.48. The van der Waals surface area contributed by atoms with Crippen molar-refractivity contribution < 1.29 is 9.53 Å². The molecule has 0 spiro atoms. The number of ketones is 1. The van der Waals surface area contributed by atoms with Gasteiger partial charge in [-0.2, -0.15) is 5.10 Å². The van der Waals surface area contributed by atoms with Crippen molar-refractivity contribution in [3.8, 4) is 5.75 Å². The third-order valence-electron chi connectivity index (χ3n) is 3.17. The molecule has 0 unspecified atom stereocenters. The fraction of sp³-hybridized carbons (Fsp3) is 0.200. The molecule has 0 bridgehead atoms. The molecule has 1 aromatic carbocycles. The van der Waals surface area contributed by atoms with Gasteiger partial charge in [0.25, 0.3) is 0 Å². The summed E-state index contributed by atoms with van der Waals surface area (Å²) in [6.07, 6.45) is 6.11. The maximum atomic E-state index is 12.6. The lowest BCUT2D eigenvalue weighted by Gasteiger charge is -2.05. The molecule has 0 atom stereocenters. The summed E-state index contributed by atoms with van der Waals surface area (Å²) < 4.78 is 8.28. The highest BCUT2D eigenvalue weighted by molar-refractivity contribution is 9.10. The molecule has 4 nitrogen and oxygen atoms in total. The molecule has 0 amide bonds. The second-order valence-corrected chi connectivity index (χ2v) is 5.60. The number of aromatic nitrogens is 2. The van der Waals surface area contributed by atoms with Gasteiger partial charge < -0.3 is 4.74 Å². The van der Waals surface area contributed by atoms with E-state index in [1.165, 1.54) is 0 Å². The first-order chi connectivity index (χ1) is 9.63. The maximum Gasteiger partial charge on any atom is 0.192 e. The van der Waals surface area contributed by atoms with Crippen LogP contribution in [0.3, 0.4) is 0 Å². The summed E-state index contributed by atoms with van der Waals surface area (Å²) in [5.74, 6) is 0.660. The van der Waals surface area contributed by atoms with E-state index < -0.39 is 0 Å². The Hall–Kier alpha value is -1.88. The zero-order chi connectivity index (χ0) is 14.1. The van der Waals surface area contributed by atoms with Gasteiger partial charge in [-0.25, -0.2) is 0 Å². The molecule has 0 radical (unpaired) electrons. The molecule has 1 aliphatic rings. The number of rotatable bonds is 1. The van der Waals surface area contributed by atoms with E-state index in [0.29, 0.717) is 24.3 Å². The highest BCUT2D eigenvalue weighted by Crippen LogP contribution is 2.30. The smallest absolute Gasteiger partial charge is 0.192 e. The molecular weight excluding hydrogens is 320 g/mol. The Morgan fingerprint density at radius 3 is 3.05 bits per heavy atom. The summed E-state index contributed by atoms with van der Waals surface area (Å²) in [5, 5.41) is 4.11. The lowest BCUT2D eigenvalue weighted by Crippen LogP contribution is -2.01. The molecule has 2 heterocycles. The molecule has 0 saturated heterocycles. The van der Waals surface area contributed by atoms with E-state index in [0.717, 1.165) is 15.6 Å². The van der Waals surface area contributed by atoms with Gasteiger partial charge in [-0.3, -0.25) is 9.48 Å². The molecule has 0 fully saturated rings. The third kappa shape index (κ3) is 2.54. The van der Waals surface area contributed by atoms with E-state index in [9.17, 15) is 4.79 Å². The molecule has 3 rings (SSSR count). The van der Waals surface area contributed by atoms with Crippen LogP contribution in [0.1, 0.15) is 22.3 Å². The topological polar surface area (TPSA) is 44.1 Å². The summed E-state index contributed by atoms with van der Waals surface area (Å²) in [6.45, 7) is 0.501. The summed E-state index contributed by atoms with van der Waals surface area (Å²) in [4.78, 5) is 12.6. The largest absolute Gasteiger partial charge is 0.492 e. The van der Waals surface area contributed by atoms with Crippen LogP contribution in [0.5, 0.6) is 5.75 Å². The summed E-state index contributed by atoms with van der Waals surface area (Å²) in [5.41, 5.74) is 2.29. The van der Waals surface area contributed by atoms with Gasteiger partial charge in [-0.1, -0.05) is 15.9 Å². The van der Waals surface area contributed by atoms with Crippen LogP contribution in [-0.2, 0) is 7.05 Å². The van der Waals surface area contributed by atoms with Gasteiger partial charge >= 0.3 is 0 Å². The van der Waals surface area contributed by atoms with Gasteiger partial charge in [0.15, 0.2) is 5.78 Å². The second-order valence-electron chi connectivity index (χ2n) is 4.68.